The molecule has 0 bridgehead atoms. The van der Waals surface area contributed by atoms with Crippen LogP contribution in [-0.2, 0) is 32.6 Å². The third kappa shape index (κ3) is 8.86. The number of sulfonamides is 1. The van der Waals surface area contributed by atoms with E-state index in [0.29, 0.717) is 26.3 Å². The monoisotopic (exact) mass is 609 g/mol. The highest BCUT2D eigenvalue weighted by Gasteiger charge is 2.30. The van der Waals surface area contributed by atoms with E-state index in [9.17, 15) is 18.0 Å². The number of carbonyl (C=O) groups is 2. The first kappa shape index (κ1) is 30.8. The van der Waals surface area contributed by atoms with E-state index in [2.05, 4.69) is 5.32 Å². The molecule has 0 fully saturated rings. The lowest BCUT2D eigenvalue weighted by Gasteiger charge is -2.32. The molecule has 0 aliphatic heterocycles. The van der Waals surface area contributed by atoms with Crippen LogP contribution in [-0.4, -0.2) is 51.0 Å². The van der Waals surface area contributed by atoms with Gasteiger partial charge in [0, 0.05) is 48.0 Å². The van der Waals surface area contributed by atoms with Gasteiger partial charge >= 0.3 is 0 Å². The predicted octanol–water partition coefficient (Wildman–Crippen LogP) is 5.58. The lowest BCUT2D eigenvalue weighted by atomic mass is 10.0. The second kappa shape index (κ2) is 14.0. The van der Waals surface area contributed by atoms with Crippen LogP contribution in [0.3, 0.4) is 0 Å². The molecule has 11 heteroatoms. The molecule has 2 amide bonds. The topological polar surface area (TPSA) is 86.8 Å². The third-order valence-corrected chi connectivity index (χ3v) is 8.17. The van der Waals surface area contributed by atoms with Gasteiger partial charge in [-0.15, -0.1) is 0 Å². The van der Waals surface area contributed by atoms with Crippen LogP contribution in [0.4, 0.5) is 5.69 Å². The zero-order valence-electron chi connectivity index (χ0n) is 21.6. The molecule has 0 saturated heterocycles. The number of hydrogen-bond donors (Lipinski definition) is 1. The smallest absolute Gasteiger partial charge is 0.242 e. The van der Waals surface area contributed by atoms with Gasteiger partial charge in [0.05, 0.1) is 11.9 Å². The maximum atomic E-state index is 13.7. The van der Waals surface area contributed by atoms with E-state index in [0.717, 1.165) is 11.8 Å². The molecule has 0 aromatic heterocycles. The lowest BCUT2D eigenvalue weighted by molar-refractivity contribution is -0.141. The Labute approximate surface area is 244 Å². The van der Waals surface area contributed by atoms with Crippen LogP contribution in [0.25, 0.3) is 0 Å². The maximum absolute atomic E-state index is 13.7. The summed E-state index contributed by atoms with van der Waals surface area (Å²) in [4.78, 5) is 28.2. The van der Waals surface area contributed by atoms with Gasteiger partial charge in [0.2, 0.25) is 21.8 Å². The SMILES string of the molecule is CNC(=O)C(Cc1ccccc1)N(Cc1ccc(Cl)cc1Cl)C(=O)CCCN(c1ccc(Cl)cc1)S(C)(=O)=O. The van der Waals surface area contributed by atoms with E-state index in [4.69, 9.17) is 34.8 Å². The number of amides is 2. The van der Waals surface area contributed by atoms with E-state index in [1.807, 2.05) is 30.3 Å². The predicted molar refractivity (Wildman–Crippen MR) is 158 cm³/mol. The van der Waals surface area contributed by atoms with E-state index < -0.39 is 16.1 Å². The largest absolute Gasteiger partial charge is 0.357 e. The molecule has 3 aromatic carbocycles. The van der Waals surface area contributed by atoms with E-state index in [-0.39, 0.29) is 44.2 Å². The molecule has 0 heterocycles. The molecular formula is C28H30Cl3N3O4S. The molecule has 0 aliphatic carbocycles. The standard InChI is InChI=1S/C28H30Cl3N3O4S/c1-32-28(36)26(17-20-7-4-3-5-8-20)33(19-21-10-11-23(30)18-25(21)31)27(35)9-6-16-34(39(2,37)38)24-14-12-22(29)13-15-24/h3-5,7-8,10-15,18,26H,6,9,16-17,19H2,1-2H3,(H,32,36). The lowest BCUT2D eigenvalue weighted by Crippen LogP contribution is -2.49. The summed E-state index contributed by atoms with van der Waals surface area (Å²) in [6.45, 7) is 0.151. The van der Waals surface area contributed by atoms with Crippen LogP contribution in [0.15, 0.2) is 72.8 Å². The number of anilines is 1. The Morgan fingerprint density at radius 1 is 0.923 bits per heavy atom. The Morgan fingerprint density at radius 2 is 1.56 bits per heavy atom. The summed E-state index contributed by atoms with van der Waals surface area (Å²) in [7, 11) is -2.09. The highest BCUT2D eigenvalue weighted by Crippen LogP contribution is 2.25. The van der Waals surface area contributed by atoms with Gasteiger partial charge in [-0.3, -0.25) is 13.9 Å². The van der Waals surface area contributed by atoms with Crippen molar-refractivity contribution in [1.82, 2.24) is 10.2 Å². The molecule has 7 nitrogen and oxygen atoms in total. The third-order valence-electron chi connectivity index (χ3n) is 6.14. The summed E-state index contributed by atoms with van der Waals surface area (Å²) in [5, 5.41) is 3.98. The van der Waals surface area contributed by atoms with Gasteiger partial charge in [-0.05, 0) is 53.9 Å². The van der Waals surface area contributed by atoms with Crippen LogP contribution < -0.4 is 9.62 Å². The summed E-state index contributed by atoms with van der Waals surface area (Å²) in [5.74, 6) is -0.633. The summed E-state index contributed by atoms with van der Waals surface area (Å²) in [6, 6.07) is 20.0. The molecule has 0 aliphatic rings. The number of rotatable bonds is 12. The Kier molecular flexibility index (Phi) is 11.1. The minimum atomic E-state index is -3.61. The average Bonchev–Trinajstić information content (AvgIpc) is 2.89. The van der Waals surface area contributed by atoms with Gasteiger partial charge in [-0.2, -0.15) is 0 Å². The quantitative estimate of drug-likeness (QED) is 0.290. The van der Waals surface area contributed by atoms with Crippen LogP contribution in [0, 0.1) is 0 Å². The van der Waals surface area contributed by atoms with Crippen molar-refractivity contribution < 1.29 is 18.0 Å². The number of halogens is 3. The van der Waals surface area contributed by atoms with Crippen molar-refractivity contribution in [2.24, 2.45) is 0 Å². The van der Waals surface area contributed by atoms with E-state index in [1.54, 1.807) is 42.5 Å². The number of nitrogens with one attached hydrogen (secondary N) is 1. The Balaban J connectivity index is 1.86. The zero-order valence-corrected chi connectivity index (χ0v) is 24.7. The highest BCUT2D eigenvalue weighted by atomic mass is 35.5. The van der Waals surface area contributed by atoms with Gasteiger partial charge in [0.15, 0.2) is 0 Å². The van der Waals surface area contributed by atoms with Crippen molar-refractivity contribution in [3.8, 4) is 0 Å². The van der Waals surface area contributed by atoms with Gasteiger partial charge in [0.25, 0.3) is 0 Å². The van der Waals surface area contributed by atoms with Crippen LogP contribution in [0.2, 0.25) is 15.1 Å². The molecule has 0 radical (unpaired) electrons. The highest BCUT2D eigenvalue weighted by molar-refractivity contribution is 7.92. The number of benzene rings is 3. The fourth-order valence-electron chi connectivity index (χ4n) is 4.17. The summed E-state index contributed by atoms with van der Waals surface area (Å²) < 4.78 is 26.2. The minimum absolute atomic E-state index is 0.00705. The van der Waals surface area contributed by atoms with E-state index >= 15 is 0 Å². The normalized spacial score (nSPS) is 12.0. The molecule has 3 aromatic rings. The van der Waals surface area contributed by atoms with Crippen molar-refractivity contribution >= 4 is 62.3 Å². The molecular weight excluding hydrogens is 581 g/mol. The van der Waals surface area contributed by atoms with Crippen molar-refractivity contribution in [1.29, 1.82) is 0 Å². The van der Waals surface area contributed by atoms with Crippen molar-refractivity contribution in [3.63, 3.8) is 0 Å². The second-order valence-electron chi connectivity index (χ2n) is 8.99. The molecule has 0 spiro atoms. The molecule has 1 N–H and O–H groups in total. The molecule has 39 heavy (non-hydrogen) atoms. The van der Waals surface area contributed by atoms with Crippen LogP contribution >= 0.6 is 34.8 Å². The number of likely N-dealkylation sites (N-methyl/N-ethyl adjacent to an activating group) is 1. The minimum Gasteiger partial charge on any atom is -0.357 e. The summed E-state index contributed by atoms with van der Waals surface area (Å²) in [6.07, 6.45) is 1.63. The van der Waals surface area contributed by atoms with Crippen molar-refractivity contribution in [3.05, 3.63) is 99.0 Å². The van der Waals surface area contributed by atoms with Crippen molar-refractivity contribution in [2.75, 3.05) is 24.2 Å². The first-order valence-corrected chi connectivity index (χ1v) is 15.2. The summed E-state index contributed by atoms with van der Waals surface area (Å²) in [5.41, 5.74) is 1.97. The first-order chi connectivity index (χ1) is 18.5. The molecule has 3 rings (SSSR count). The fourth-order valence-corrected chi connectivity index (χ4v) is 5.72. The zero-order chi connectivity index (χ0) is 28.6. The van der Waals surface area contributed by atoms with Crippen LogP contribution in [0.1, 0.15) is 24.0 Å². The molecule has 1 atom stereocenters. The number of nitrogens with zero attached hydrogens (tertiary/aromatic N) is 2. The second-order valence-corrected chi connectivity index (χ2v) is 12.2. The fraction of sp³-hybridized carbons (Fsp3) is 0.286. The molecule has 1 unspecified atom stereocenters. The number of hydrogen-bond acceptors (Lipinski definition) is 4. The first-order valence-electron chi connectivity index (χ1n) is 12.2. The maximum Gasteiger partial charge on any atom is 0.242 e. The molecule has 208 valence electrons. The Bertz CT molecular complexity index is 1390. The number of carbonyl (C=O) groups excluding carboxylic acids is 2. The Morgan fingerprint density at radius 3 is 2.15 bits per heavy atom. The molecule has 0 saturated carbocycles. The van der Waals surface area contributed by atoms with Gasteiger partial charge in [0.1, 0.15) is 6.04 Å². The van der Waals surface area contributed by atoms with Gasteiger partial charge in [-0.25, -0.2) is 8.42 Å². The van der Waals surface area contributed by atoms with Crippen LogP contribution in [0.5, 0.6) is 0 Å². The van der Waals surface area contributed by atoms with Crippen molar-refractivity contribution in [2.45, 2.75) is 31.8 Å². The van der Waals surface area contributed by atoms with Gasteiger partial charge < -0.3 is 10.2 Å². The van der Waals surface area contributed by atoms with E-state index in [1.165, 1.54) is 16.3 Å². The average molecular weight is 611 g/mol. The van der Waals surface area contributed by atoms with Gasteiger partial charge in [-0.1, -0.05) is 71.2 Å². The summed E-state index contributed by atoms with van der Waals surface area (Å²) >= 11 is 18.4. The Hall–Kier alpha value is -2.78.